The monoisotopic (exact) mass is 678 g/mol. The van der Waals surface area contributed by atoms with Crippen molar-refractivity contribution in [3.8, 4) is 17.0 Å². The van der Waals surface area contributed by atoms with Gasteiger partial charge in [0.05, 0.1) is 42.8 Å². The summed E-state index contributed by atoms with van der Waals surface area (Å²) in [6.45, 7) is 0.906. The second-order valence-corrected chi connectivity index (χ2v) is 13.8. The van der Waals surface area contributed by atoms with E-state index in [2.05, 4.69) is 30.6 Å². The standard InChI is InChI=1S/C32H36F2N10O3S/c33-32(34)47-28-5-4-24(48-23-2-3-23)14-25(28)29-27(37-31(45)26-15-36-43-10-1-9-35-30(26)43)18-42(39-29)16-20-17-44(40-38-20)21-6-11-41(12-7-21)22-8-13-46-19-22/h1,4-5,9-10,14-15,17-18,21-23,31-32,37,45H,2-3,6-8,11-13,16,19H2/t22-,31?/m1/s1. The summed E-state index contributed by atoms with van der Waals surface area (Å²) < 4.78 is 42.9. The lowest BCUT2D eigenvalue weighted by atomic mass is 10.0. The van der Waals surface area contributed by atoms with Crippen LogP contribution in [0.15, 0.2) is 60.1 Å². The van der Waals surface area contributed by atoms with E-state index in [1.54, 1.807) is 57.7 Å². The van der Waals surface area contributed by atoms with Crippen molar-refractivity contribution >= 4 is 23.1 Å². The second-order valence-electron chi connectivity index (χ2n) is 12.5. The van der Waals surface area contributed by atoms with E-state index in [9.17, 15) is 13.9 Å². The Labute approximate surface area is 279 Å². The van der Waals surface area contributed by atoms with Gasteiger partial charge in [-0.1, -0.05) is 5.21 Å². The van der Waals surface area contributed by atoms with Gasteiger partial charge in [-0.25, -0.2) is 14.2 Å². The summed E-state index contributed by atoms with van der Waals surface area (Å²) in [6, 6.07) is 7.67. The van der Waals surface area contributed by atoms with Crippen LogP contribution in [0, 0.1) is 0 Å². The van der Waals surface area contributed by atoms with E-state index in [-0.39, 0.29) is 18.3 Å². The van der Waals surface area contributed by atoms with E-state index in [0.717, 1.165) is 63.3 Å². The largest absolute Gasteiger partial charge is 0.434 e. The van der Waals surface area contributed by atoms with E-state index in [0.29, 0.717) is 45.1 Å². The molecule has 1 unspecified atom stereocenters. The Bertz CT molecular complexity index is 1860. The van der Waals surface area contributed by atoms with Gasteiger partial charge in [-0.2, -0.15) is 19.0 Å². The highest BCUT2D eigenvalue weighted by molar-refractivity contribution is 8.00. The highest BCUT2D eigenvalue weighted by atomic mass is 32.2. The number of anilines is 1. The second kappa shape index (κ2) is 13.4. The molecule has 0 amide bonds. The van der Waals surface area contributed by atoms with Gasteiger partial charge in [-0.3, -0.25) is 9.58 Å². The minimum absolute atomic E-state index is 0.00737. The van der Waals surface area contributed by atoms with Gasteiger partial charge in [0.25, 0.3) is 0 Å². The lowest BCUT2D eigenvalue weighted by Crippen LogP contribution is -2.42. The molecule has 3 fully saturated rings. The molecular formula is C32H36F2N10O3S. The number of likely N-dealkylation sites (tertiary alicyclic amines) is 1. The van der Waals surface area contributed by atoms with Crippen molar-refractivity contribution in [2.75, 3.05) is 31.6 Å². The number of alkyl halides is 2. The fourth-order valence-electron chi connectivity index (χ4n) is 6.47. The van der Waals surface area contributed by atoms with Gasteiger partial charge in [0, 0.05) is 60.0 Å². The van der Waals surface area contributed by atoms with Crippen molar-refractivity contribution in [3.63, 3.8) is 0 Å². The third kappa shape index (κ3) is 6.74. The van der Waals surface area contributed by atoms with Crippen LogP contribution in [-0.4, -0.2) is 93.6 Å². The summed E-state index contributed by atoms with van der Waals surface area (Å²) in [5, 5.41) is 33.0. The van der Waals surface area contributed by atoms with E-state index < -0.39 is 12.8 Å². The highest BCUT2D eigenvalue weighted by Gasteiger charge is 2.29. The summed E-state index contributed by atoms with van der Waals surface area (Å²) >= 11 is 1.70. The van der Waals surface area contributed by atoms with Gasteiger partial charge in [0.15, 0.2) is 11.9 Å². The number of aromatic nitrogens is 8. The summed E-state index contributed by atoms with van der Waals surface area (Å²) in [7, 11) is 0. The molecular weight excluding hydrogens is 642 g/mol. The number of piperidine rings is 1. The van der Waals surface area contributed by atoms with Gasteiger partial charge in [0.2, 0.25) is 0 Å². The van der Waals surface area contributed by atoms with E-state index in [1.807, 2.05) is 16.9 Å². The molecule has 6 heterocycles. The third-order valence-corrected chi connectivity index (χ3v) is 10.4. The molecule has 1 aliphatic carbocycles. The normalized spacial score (nSPS) is 19.8. The van der Waals surface area contributed by atoms with Crippen LogP contribution in [0.25, 0.3) is 16.9 Å². The lowest BCUT2D eigenvalue weighted by molar-refractivity contribution is -0.0494. The van der Waals surface area contributed by atoms with Gasteiger partial charge in [0.1, 0.15) is 17.1 Å². The first-order chi connectivity index (χ1) is 23.5. The number of thioether (sulfide) groups is 1. The zero-order valence-electron chi connectivity index (χ0n) is 26.1. The van der Waals surface area contributed by atoms with E-state index in [1.165, 1.54) is 6.20 Å². The van der Waals surface area contributed by atoms with E-state index in [4.69, 9.17) is 14.6 Å². The number of hydrogen-bond donors (Lipinski definition) is 2. The number of nitrogens with zero attached hydrogens (tertiary/aromatic N) is 9. The Hall–Kier alpha value is -4.12. The summed E-state index contributed by atoms with van der Waals surface area (Å²) in [6.07, 6.45) is 12.6. The molecule has 0 spiro atoms. The molecule has 1 aromatic carbocycles. The molecule has 13 nitrogen and oxygen atoms in total. The van der Waals surface area contributed by atoms with Crippen molar-refractivity contribution in [3.05, 3.63) is 66.5 Å². The minimum atomic E-state index is -3.02. The van der Waals surface area contributed by atoms with Crippen molar-refractivity contribution in [1.82, 2.24) is 44.3 Å². The number of aliphatic hydroxyl groups is 1. The number of nitrogens with one attached hydrogen (secondary N) is 1. The SMILES string of the molecule is OC(Nc1cn(Cc2cn(C3CCN([C@@H]4CCOC4)CC3)nn2)nc1-c1cc(SC2CC2)ccc1OC(F)F)c1cnn2cccnc12. The number of halogens is 2. The van der Waals surface area contributed by atoms with Crippen LogP contribution in [0.3, 0.4) is 0 Å². The molecule has 0 radical (unpaired) electrons. The van der Waals surface area contributed by atoms with Crippen LogP contribution in [-0.2, 0) is 11.3 Å². The van der Waals surface area contributed by atoms with Crippen molar-refractivity contribution in [2.24, 2.45) is 0 Å². The van der Waals surface area contributed by atoms with Crippen molar-refractivity contribution < 1.29 is 23.4 Å². The molecule has 4 aromatic heterocycles. The number of benzene rings is 1. The van der Waals surface area contributed by atoms with E-state index >= 15 is 0 Å². The third-order valence-electron chi connectivity index (χ3n) is 9.08. The fourth-order valence-corrected chi connectivity index (χ4v) is 7.56. The van der Waals surface area contributed by atoms with Gasteiger partial charge < -0.3 is 19.9 Å². The molecule has 48 heavy (non-hydrogen) atoms. The van der Waals surface area contributed by atoms with Gasteiger partial charge >= 0.3 is 6.61 Å². The van der Waals surface area contributed by atoms with Gasteiger partial charge in [-0.05, 0) is 56.4 Å². The molecule has 2 N–H and O–H groups in total. The number of rotatable bonds is 12. The highest BCUT2D eigenvalue weighted by Crippen LogP contribution is 2.43. The Balaban J connectivity index is 1.07. The van der Waals surface area contributed by atoms with Crippen LogP contribution in [0.5, 0.6) is 5.75 Å². The number of hydrogen-bond acceptors (Lipinski definition) is 11. The predicted molar refractivity (Wildman–Crippen MR) is 173 cm³/mol. The Morgan fingerprint density at radius 2 is 1.98 bits per heavy atom. The maximum atomic E-state index is 13.6. The lowest BCUT2D eigenvalue weighted by Gasteiger charge is -2.35. The van der Waals surface area contributed by atoms with Crippen LogP contribution < -0.4 is 10.1 Å². The quantitative estimate of drug-likeness (QED) is 0.179. The number of ether oxygens (including phenoxy) is 2. The topological polar surface area (TPSA) is 133 Å². The Morgan fingerprint density at radius 1 is 1.10 bits per heavy atom. The van der Waals surface area contributed by atoms with Crippen LogP contribution in [0.1, 0.15) is 55.6 Å². The fraction of sp³-hybridized carbons (Fsp3) is 0.469. The van der Waals surface area contributed by atoms with Crippen LogP contribution in [0.2, 0.25) is 0 Å². The molecule has 1 saturated carbocycles. The van der Waals surface area contributed by atoms with Crippen LogP contribution in [0.4, 0.5) is 14.5 Å². The molecule has 3 aliphatic rings. The molecule has 252 valence electrons. The first-order valence-electron chi connectivity index (χ1n) is 16.3. The number of aliphatic hydroxyl groups excluding tert-OH is 1. The molecule has 8 rings (SSSR count). The first-order valence-corrected chi connectivity index (χ1v) is 17.1. The number of fused-ring (bicyclic) bond motifs is 1. The molecule has 2 saturated heterocycles. The summed E-state index contributed by atoms with van der Waals surface area (Å²) in [4.78, 5) is 7.79. The average molecular weight is 679 g/mol. The zero-order valence-corrected chi connectivity index (χ0v) is 26.9. The zero-order chi connectivity index (χ0) is 32.6. The maximum absolute atomic E-state index is 13.6. The molecule has 0 bridgehead atoms. The van der Waals surface area contributed by atoms with Crippen molar-refractivity contribution in [1.29, 1.82) is 0 Å². The predicted octanol–water partition coefficient (Wildman–Crippen LogP) is 4.62. The smallest absolute Gasteiger partial charge is 0.387 e. The minimum Gasteiger partial charge on any atom is -0.434 e. The average Bonchev–Trinajstić information content (AvgIpc) is 3.54. The maximum Gasteiger partial charge on any atom is 0.387 e. The van der Waals surface area contributed by atoms with Gasteiger partial charge in [-0.15, -0.1) is 16.9 Å². The summed E-state index contributed by atoms with van der Waals surface area (Å²) in [5.41, 5.74) is 2.79. The Morgan fingerprint density at radius 3 is 2.77 bits per heavy atom. The molecule has 2 aliphatic heterocycles. The Kier molecular flexibility index (Phi) is 8.71. The molecule has 2 atom stereocenters. The first kappa shape index (κ1) is 31.2. The summed E-state index contributed by atoms with van der Waals surface area (Å²) in [5.74, 6) is -0.00737. The molecule has 5 aromatic rings. The molecule has 16 heteroatoms. The van der Waals surface area contributed by atoms with Crippen molar-refractivity contribution in [2.45, 2.75) is 73.7 Å². The van der Waals surface area contributed by atoms with Crippen LogP contribution >= 0.6 is 11.8 Å².